The molecule has 5 aliphatic heterocycles. The summed E-state index contributed by atoms with van der Waals surface area (Å²) in [5.74, 6) is -4.60. The van der Waals surface area contributed by atoms with Gasteiger partial charge in [-0.25, -0.2) is 4.99 Å². The lowest BCUT2D eigenvalue weighted by Crippen LogP contribution is -2.60. The molecular formula is C56H90N6O13. The first-order valence-electron chi connectivity index (χ1n) is 27.5. The first-order chi connectivity index (χ1) is 35.3. The summed E-state index contributed by atoms with van der Waals surface area (Å²) in [6.07, 6.45) is -4.88. The minimum Gasteiger partial charge on any atom is -0.454 e. The number of carbonyl (C=O) groups excluding carboxylic acids is 5. The Morgan fingerprint density at radius 1 is 0.920 bits per heavy atom. The van der Waals surface area contributed by atoms with E-state index >= 15 is 0 Å². The van der Waals surface area contributed by atoms with Crippen LogP contribution in [0.4, 0.5) is 0 Å². The van der Waals surface area contributed by atoms with Gasteiger partial charge in [0.05, 0.1) is 53.6 Å². The molecule has 5 saturated heterocycles. The molecule has 0 unspecified atom stereocenters. The molecule has 422 valence electrons. The van der Waals surface area contributed by atoms with E-state index in [1.54, 1.807) is 44.5 Å². The van der Waals surface area contributed by atoms with Gasteiger partial charge < -0.3 is 64.0 Å². The number of rotatable bonds is 10. The number of aliphatic hydroxyl groups is 2. The zero-order valence-electron chi connectivity index (χ0n) is 47.2. The lowest BCUT2D eigenvalue weighted by Gasteiger charge is -2.48. The number of ether oxygens (including phenoxy) is 6. The summed E-state index contributed by atoms with van der Waals surface area (Å²) in [5.41, 5.74) is -1.98. The average molecular weight is 1060 g/mol. The molecule has 5 heterocycles. The average Bonchev–Trinajstić information content (AvgIpc) is 3.97. The first-order valence-corrected chi connectivity index (χ1v) is 27.5. The Balaban J connectivity index is 1.43. The van der Waals surface area contributed by atoms with Crippen LogP contribution in [0.25, 0.3) is 0 Å². The minimum absolute atomic E-state index is 0.0584. The lowest BCUT2D eigenvalue weighted by molar-refractivity contribution is -0.313. The van der Waals surface area contributed by atoms with Crippen LogP contribution in [0.5, 0.6) is 0 Å². The second-order valence-electron chi connectivity index (χ2n) is 23.3. The number of Topliss-reactive ketones (excluding diaryl/α,β-unsaturated/α-hetero) is 1. The number of likely N-dealkylation sites (N-methyl/N-ethyl adjacent to an activating group) is 2. The van der Waals surface area contributed by atoms with Crippen molar-refractivity contribution < 1.29 is 62.6 Å². The molecular weight excluding hydrogens is 965 g/mol. The molecule has 0 aromatic heterocycles. The summed E-state index contributed by atoms with van der Waals surface area (Å²) < 4.78 is 39.4. The Hall–Kier alpha value is -4.24. The van der Waals surface area contributed by atoms with Gasteiger partial charge in [0.1, 0.15) is 18.2 Å². The number of amidine groups is 1. The normalized spacial score (nSPS) is 39.3. The fraction of sp³-hybridized carbons (Fsp3) is 0.786. The van der Waals surface area contributed by atoms with E-state index in [0.29, 0.717) is 38.2 Å². The van der Waals surface area contributed by atoms with Gasteiger partial charge >= 0.3 is 0 Å². The fourth-order valence-corrected chi connectivity index (χ4v) is 12.1. The molecule has 19 heteroatoms. The van der Waals surface area contributed by atoms with Crippen molar-refractivity contribution in [1.82, 2.24) is 25.3 Å². The highest BCUT2D eigenvalue weighted by atomic mass is 16.7. The van der Waals surface area contributed by atoms with Crippen molar-refractivity contribution >= 4 is 35.4 Å². The quantitative estimate of drug-likeness (QED) is 0.255. The van der Waals surface area contributed by atoms with Gasteiger partial charge in [0.25, 0.3) is 6.02 Å². The van der Waals surface area contributed by atoms with Crippen molar-refractivity contribution in [3.63, 3.8) is 0 Å². The van der Waals surface area contributed by atoms with Crippen molar-refractivity contribution in [3.05, 3.63) is 35.9 Å². The van der Waals surface area contributed by atoms with Crippen LogP contribution < -0.4 is 10.6 Å². The zero-order chi connectivity index (χ0) is 55.3. The summed E-state index contributed by atoms with van der Waals surface area (Å²) in [6.45, 7) is 20.8. The van der Waals surface area contributed by atoms with E-state index in [0.717, 1.165) is 5.56 Å². The Morgan fingerprint density at radius 3 is 2.27 bits per heavy atom. The number of aliphatic imine (C=N–C) groups is 1. The molecule has 0 spiro atoms. The number of fused-ring (bicyclic) bond motifs is 2. The molecule has 5 fully saturated rings. The SMILES string of the molecule is CC[C@H](C)[C@@H]1NC(=O)[C@H](C)[C@@H](O[C@H]2C[C@@](C)(OC)[C@@H](O)[C@H](C)O2)[C@H](C)[C@@H](O[C@@H]2O[C@H](C)C[C@H]3[C@H]2OC(=NC(C)C)N3C)[C@](C)(O)C[C@@H](C)CN(C)C(=O)[C@@H]2CCCN2C(=O)[C@H](Cc2ccccc2)NC(=O)CCC1=O. The summed E-state index contributed by atoms with van der Waals surface area (Å²) in [4.78, 5) is 82.3. The molecule has 6 rings (SSSR count). The molecule has 75 heavy (non-hydrogen) atoms. The number of nitrogens with zero attached hydrogens (tertiary/aromatic N) is 4. The van der Waals surface area contributed by atoms with Crippen LogP contribution in [0.2, 0.25) is 0 Å². The van der Waals surface area contributed by atoms with Gasteiger partial charge in [-0.2, -0.15) is 0 Å². The topological polar surface area (TPSA) is 227 Å². The van der Waals surface area contributed by atoms with Crippen LogP contribution in [0.15, 0.2) is 35.3 Å². The predicted molar refractivity (Wildman–Crippen MR) is 281 cm³/mol. The molecule has 19 nitrogen and oxygen atoms in total. The third-order valence-corrected chi connectivity index (χ3v) is 16.5. The fourth-order valence-electron chi connectivity index (χ4n) is 12.1. The molecule has 1 aromatic carbocycles. The maximum absolute atomic E-state index is 15.0. The van der Waals surface area contributed by atoms with Gasteiger partial charge in [-0.15, -0.1) is 0 Å². The number of ketones is 1. The molecule has 4 amide bonds. The number of aliphatic hydroxyl groups excluding tert-OH is 1. The van der Waals surface area contributed by atoms with E-state index in [1.807, 2.05) is 90.7 Å². The number of hydrogen-bond acceptors (Lipinski definition) is 14. The van der Waals surface area contributed by atoms with Crippen LogP contribution >= 0.6 is 0 Å². The Kier molecular flexibility index (Phi) is 20.4. The molecule has 0 saturated carbocycles. The molecule has 1 aromatic rings. The number of benzene rings is 1. The molecule has 4 N–H and O–H groups in total. The number of nitrogens with one attached hydrogen (secondary N) is 2. The summed E-state index contributed by atoms with van der Waals surface area (Å²) in [5, 5.41) is 30.4. The third-order valence-electron chi connectivity index (χ3n) is 16.5. The number of amides is 4. The van der Waals surface area contributed by atoms with Crippen molar-refractivity contribution in [2.45, 2.75) is 225 Å². The highest BCUT2D eigenvalue weighted by molar-refractivity contribution is 5.95. The van der Waals surface area contributed by atoms with Gasteiger partial charge in [-0.3, -0.25) is 24.0 Å². The Labute approximate surface area is 445 Å². The van der Waals surface area contributed by atoms with E-state index in [-0.39, 0.29) is 86.3 Å². The largest absolute Gasteiger partial charge is 0.454 e. The van der Waals surface area contributed by atoms with Crippen molar-refractivity contribution in [2.24, 2.45) is 28.7 Å². The van der Waals surface area contributed by atoms with Crippen molar-refractivity contribution in [1.29, 1.82) is 0 Å². The van der Waals surface area contributed by atoms with Gasteiger partial charge in [-0.05, 0) is 84.6 Å². The highest BCUT2D eigenvalue weighted by Crippen LogP contribution is 2.41. The molecule has 0 bridgehead atoms. The van der Waals surface area contributed by atoms with Gasteiger partial charge in [0.2, 0.25) is 23.6 Å². The zero-order valence-corrected chi connectivity index (χ0v) is 47.2. The maximum Gasteiger partial charge on any atom is 0.288 e. The second kappa shape index (κ2) is 25.5. The van der Waals surface area contributed by atoms with Gasteiger partial charge in [0, 0.05) is 71.9 Å². The van der Waals surface area contributed by atoms with Crippen LogP contribution in [0.3, 0.4) is 0 Å². The number of hydrogen-bond donors (Lipinski definition) is 4. The van der Waals surface area contributed by atoms with Crippen molar-refractivity contribution in [2.75, 3.05) is 34.3 Å². The van der Waals surface area contributed by atoms with E-state index in [2.05, 4.69) is 10.6 Å². The van der Waals surface area contributed by atoms with Crippen LogP contribution in [-0.4, -0.2) is 185 Å². The molecule has 5 aliphatic rings. The minimum atomic E-state index is -1.71. The van der Waals surface area contributed by atoms with Crippen LogP contribution in [0.1, 0.15) is 133 Å². The van der Waals surface area contributed by atoms with Crippen LogP contribution in [-0.2, 0) is 58.8 Å². The summed E-state index contributed by atoms with van der Waals surface area (Å²) in [6, 6.07) is 6.74. The monoisotopic (exact) mass is 1050 g/mol. The first kappa shape index (κ1) is 60.0. The van der Waals surface area contributed by atoms with Gasteiger partial charge in [-0.1, -0.05) is 71.4 Å². The van der Waals surface area contributed by atoms with E-state index in [1.165, 1.54) is 7.11 Å². The molecule has 0 radical (unpaired) electrons. The standard InChI is InChI=1S/C56H90N6O13/c1-15-33(5)45-42(63)23-24-43(64)58-39(27-38-20-17-16-18-21-38)51(67)62-25-19-22-40(62)52(68)60(12)30-32(4)28-55(10,69)49(75-53-47-41(26-34(6)71-53)61(13)54(74-47)57-31(2)3)35(7)46(36(8)50(66)59-45)73-44-29-56(11,70-14)48(65)37(9)72-44/h16-18,20-21,31-37,39-41,44-49,53,65,69H,15,19,22-30H2,1-14H3,(H,58,64)(H,59,66)/t32-,33+,34-,35+,36-,37+,39+,40+,41+,44+,45+,46+,47-,48+,49-,53+,55-,56-/m1/s1. The number of methoxy groups -OCH3 is 1. The lowest BCUT2D eigenvalue weighted by atomic mass is 9.77. The maximum atomic E-state index is 15.0. The predicted octanol–water partition coefficient (Wildman–Crippen LogP) is 4.38. The Morgan fingerprint density at radius 2 is 1.61 bits per heavy atom. The molecule has 0 aliphatic carbocycles. The summed E-state index contributed by atoms with van der Waals surface area (Å²) >= 11 is 0. The summed E-state index contributed by atoms with van der Waals surface area (Å²) in [7, 11) is 5.13. The van der Waals surface area contributed by atoms with E-state index < -0.39 is 96.1 Å². The smallest absolute Gasteiger partial charge is 0.288 e. The Bertz CT molecular complexity index is 2150. The highest BCUT2D eigenvalue weighted by Gasteiger charge is 2.54. The number of carbonyl (C=O) groups is 5. The van der Waals surface area contributed by atoms with Gasteiger partial charge in [0.15, 0.2) is 24.5 Å². The van der Waals surface area contributed by atoms with Crippen LogP contribution in [0, 0.1) is 23.7 Å². The molecule has 18 atom stereocenters. The van der Waals surface area contributed by atoms with Crippen molar-refractivity contribution in [3.8, 4) is 0 Å². The third kappa shape index (κ3) is 14.3. The van der Waals surface area contributed by atoms with E-state index in [4.69, 9.17) is 33.4 Å². The van der Waals surface area contributed by atoms with E-state index in [9.17, 15) is 34.2 Å². The second-order valence-corrected chi connectivity index (χ2v) is 23.3.